The van der Waals surface area contributed by atoms with Crippen molar-refractivity contribution in [1.29, 1.82) is 0 Å². The first kappa shape index (κ1) is 29.3. The number of rotatable bonds is 9. The second kappa shape index (κ2) is 12.2. The molecule has 2 aliphatic rings. The summed E-state index contributed by atoms with van der Waals surface area (Å²) >= 11 is 2.06. The molecule has 3 N–H and O–H groups in total. The van der Waals surface area contributed by atoms with Crippen LogP contribution >= 0.6 is 22.6 Å². The predicted octanol–water partition coefficient (Wildman–Crippen LogP) is 5.32. The topological polar surface area (TPSA) is 107 Å². The Bertz CT molecular complexity index is 1300. The van der Waals surface area contributed by atoms with Crippen molar-refractivity contribution in [2.75, 3.05) is 18.6 Å². The molecule has 1 aliphatic heterocycles. The molecule has 2 amide bonds. The van der Waals surface area contributed by atoms with Crippen molar-refractivity contribution in [1.82, 2.24) is 0 Å². The molecule has 8 heteroatoms. The maximum atomic E-state index is 13.6. The minimum absolute atomic E-state index is 0.0569. The van der Waals surface area contributed by atoms with Gasteiger partial charge in [0.05, 0.1) is 40.9 Å². The monoisotopic (exact) mass is 645 g/mol. The molecule has 4 rings (SSSR count). The molecule has 0 saturated carbocycles. The Morgan fingerprint density at radius 2 is 1.87 bits per heavy atom. The second-order valence-electron chi connectivity index (χ2n) is 10.7. The average Bonchev–Trinajstić information content (AvgIpc) is 3.17. The lowest BCUT2D eigenvalue weighted by Crippen LogP contribution is -2.39. The molecule has 2 aromatic carbocycles. The number of imide groups is 1. The van der Waals surface area contributed by atoms with Crippen molar-refractivity contribution >= 4 is 46.2 Å². The van der Waals surface area contributed by atoms with Gasteiger partial charge in [0.15, 0.2) is 11.5 Å². The van der Waals surface area contributed by atoms with Crippen LogP contribution in [0.1, 0.15) is 45.6 Å². The smallest absolute Gasteiger partial charge is 0.238 e. The number of hydrogen-bond donors (Lipinski definition) is 3. The second-order valence-corrected chi connectivity index (χ2v) is 11.9. The van der Waals surface area contributed by atoms with Crippen LogP contribution in [0.2, 0.25) is 0 Å². The highest BCUT2D eigenvalue weighted by Crippen LogP contribution is 2.48. The number of phenols is 1. The van der Waals surface area contributed by atoms with Gasteiger partial charge < -0.3 is 20.1 Å². The van der Waals surface area contributed by atoms with Crippen molar-refractivity contribution in [2.24, 2.45) is 23.7 Å². The number of para-hydroxylation sites is 1. The molecule has 0 aromatic heterocycles. The summed E-state index contributed by atoms with van der Waals surface area (Å²) in [5.74, 6) is -1.85. The van der Waals surface area contributed by atoms with Gasteiger partial charge in [0, 0.05) is 5.92 Å². The number of nitrogens with zero attached hydrogens (tertiary/aromatic N) is 1. The Kier molecular flexibility index (Phi) is 9.18. The van der Waals surface area contributed by atoms with E-state index in [0.29, 0.717) is 39.8 Å². The van der Waals surface area contributed by atoms with Gasteiger partial charge in [-0.2, -0.15) is 0 Å². The Balaban J connectivity index is 1.59. The maximum absolute atomic E-state index is 13.6. The highest BCUT2D eigenvalue weighted by Gasteiger charge is 2.55. The van der Waals surface area contributed by atoms with Gasteiger partial charge in [-0.3, -0.25) is 14.5 Å². The fourth-order valence-electron chi connectivity index (χ4n) is 5.99. The molecule has 1 fully saturated rings. The Morgan fingerprint density at radius 1 is 1.18 bits per heavy atom. The van der Waals surface area contributed by atoms with E-state index in [9.17, 15) is 24.9 Å². The lowest BCUT2D eigenvalue weighted by molar-refractivity contribution is -0.123. The Labute approximate surface area is 243 Å². The number of aliphatic hydroxyl groups excluding tert-OH is 2. The first-order valence-electron chi connectivity index (χ1n) is 13.3. The number of aromatic hydroxyl groups is 1. The molecular formula is C31H36INO6. The minimum atomic E-state index is -0.855. The molecule has 0 spiro atoms. The summed E-state index contributed by atoms with van der Waals surface area (Å²) in [7, 11) is 1.51. The largest absolute Gasteiger partial charge is 0.504 e. The number of fused-ring (bicyclic) bond motifs is 1. The quantitative estimate of drug-likeness (QED) is 0.194. The summed E-state index contributed by atoms with van der Waals surface area (Å²) in [6.45, 7) is 5.72. The number of aliphatic hydroxyl groups is 2. The number of halogens is 1. The lowest BCUT2D eigenvalue weighted by Gasteiger charge is -2.38. The van der Waals surface area contributed by atoms with Gasteiger partial charge in [0.1, 0.15) is 0 Å². The molecule has 1 heterocycles. The third-order valence-corrected chi connectivity index (χ3v) is 8.71. The normalized spacial score (nSPS) is 22.5. The first-order valence-corrected chi connectivity index (χ1v) is 14.3. The molecule has 39 heavy (non-hydrogen) atoms. The predicted molar refractivity (Wildman–Crippen MR) is 159 cm³/mol. The summed E-state index contributed by atoms with van der Waals surface area (Å²) < 4.78 is 5.94. The number of ether oxygens (including phenoxy) is 1. The van der Waals surface area contributed by atoms with Crippen LogP contribution in [0.4, 0.5) is 5.69 Å². The molecule has 2 aromatic rings. The number of benzene rings is 2. The summed E-state index contributed by atoms with van der Waals surface area (Å²) in [5, 5.41) is 32.1. The molecule has 1 aliphatic carbocycles. The van der Waals surface area contributed by atoms with E-state index in [4.69, 9.17) is 4.74 Å². The summed E-state index contributed by atoms with van der Waals surface area (Å²) in [6.07, 6.45) is 2.54. The van der Waals surface area contributed by atoms with Crippen molar-refractivity contribution in [3.8, 4) is 11.5 Å². The van der Waals surface area contributed by atoms with Crippen LogP contribution < -0.4 is 9.64 Å². The van der Waals surface area contributed by atoms with E-state index >= 15 is 0 Å². The number of carbonyl (C=O) groups excluding carboxylic acids is 2. The number of phenolic OH excluding ortho intramolecular Hbond substituents is 1. The number of carbonyl (C=O) groups is 2. The molecular weight excluding hydrogens is 609 g/mol. The number of amides is 2. The molecule has 0 radical (unpaired) electrons. The van der Waals surface area contributed by atoms with Crippen LogP contribution in [0, 0.1) is 27.2 Å². The zero-order valence-electron chi connectivity index (χ0n) is 22.7. The fourth-order valence-corrected chi connectivity index (χ4v) is 6.61. The first-order chi connectivity index (χ1) is 18.6. The lowest BCUT2D eigenvalue weighted by atomic mass is 9.66. The molecule has 1 saturated heterocycles. The van der Waals surface area contributed by atoms with E-state index in [1.165, 1.54) is 12.0 Å². The molecule has 0 unspecified atom stereocenters. The minimum Gasteiger partial charge on any atom is -0.504 e. The standard InChI is InChI=1S/C31H36INO6/c1-17(2)21-15-22-28(31(38)33(30(22)37)20-8-6-5-7-9-20)23(16-34)27(21)25(35)11-10-18(3)12-19-13-24(32)29(36)26(14-19)39-4/h5-9,12-14,17,22-23,25,28,34-36H,10-11,15-16H2,1-4H3/b18-12+/t22-,23+,25-,28-/m1/s1. The summed E-state index contributed by atoms with van der Waals surface area (Å²) in [6, 6.07) is 12.5. The van der Waals surface area contributed by atoms with Crippen molar-refractivity contribution < 1.29 is 29.6 Å². The maximum Gasteiger partial charge on any atom is 0.238 e. The van der Waals surface area contributed by atoms with Gasteiger partial charge in [-0.25, -0.2) is 0 Å². The van der Waals surface area contributed by atoms with Crippen LogP contribution in [0.5, 0.6) is 11.5 Å². The molecule has 208 valence electrons. The fraction of sp³-hybridized carbons (Fsp3) is 0.419. The Morgan fingerprint density at radius 3 is 2.49 bits per heavy atom. The number of allylic oxidation sites excluding steroid dienone is 2. The SMILES string of the molecule is COc1cc(/C=C(\C)CC[C@@H](O)C2=C(C(C)C)C[C@H]3C(=O)N(c4ccccc4)C(=O)[C@H]3[C@H]2CO)cc(I)c1O. The van der Waals surface area contributed by atoms with Crippen molar-refractivity contribution in [3.63, 3.8) is 0 Å². The van der Waals surface area contributed by atoms with Crippen molar-refractivity contribution in [2.45, 2.75) is 46.1 Å². The highest BCUT2D eigenvalue weighted by atomic mass is 127. The number of hydrogen-bond acceptors (Lipinski definition) is 6. The van der Waals surface area contributed by atoms with Gasteiger partial charge in [-0.05, 0) is 90.1 Å². The van der Waals surface area contributed by atoms with E-state index in [0.717, 1.165) is 16.7 Å². The molecule has 0 bridgehead atoms. The highest BCUT2D eigenvalue weighted by molar-refractivity contribution is 14.1. The zero-order chi connectivity index (χ0) is 28.4. The molecule has 4 atom stereocenters. The zero-order valence-corrected chi connectivity index (χ0v) is 24.9. The van der Waals surface area contributed by atoms with E-state index < -0.39 is 23.9 Å². The Hall–Kier alpha value is -2.69. The van der Waals surface area contributed by atoms with Gasteiger partial charge in [0.2, 0.25) is 11.8 Å². The van der Waals surface area contributed by atoms with Crippen molar-refractivity contribution in [3.05, 3.63) is 68.3 Å². The molecule has 7 nitrogen and oxygen atoms in total. The number of methoxy groups -OCH3 is 1. The van der Waals surface area contributed by atoms with Crippen LogP contribution in [0.3, 0.4) is 0 Å². The van der Waals surface area contributed by atoms with Gasteiger partial charge in [-0.15, -0.1) is 0 Å². The van der Waals surface area contributed by atoms with Crippen LogP contribution in [0.15, 0.2) is 59.2 Å². The van der Waals surface area contributed by atoms with E-state index in [2.05, 4.69) is 22.6 Å². The van der Waals surface area contributed by atoms with E-state index in [1.807, 2.05) is 39.0 Å². The van der Waals surface area contributed by atoms with Gasteiger partial charge >= 0.3 is 0 Å². The number of anilines is 1. The third kappa shape index (κ3) is 5.78. The third-order valence-electron chi connectivity index (χ3n) is 7.88. The summed E-state index contributed by atoms with van der Waals surface area (Å²) in [5.41, 5.74) is 4.11. The van der Waals surface area contributed by atoms with Crippen LogP contribution in [0.25, 0.3) is 6.08 Å². The van der Waals surface area contributed by atoms with Crippen LogP contribution in [-0.4, -0.2) is 47.0 Å². The van der Waals surface area contributed by atoms with Gasteiger partial charge in [-0.1, -0.05) is 49.3 Å². The van der Waals surface area contributed by atoms with Crippen LogP contribution in [-0.2, 0) is 9.59 Å². The summed E-state index contributed by atoms with van der Waals surface area (Å²) in [4.78, 5) is 28.3. The van der Waals surface area contributed by atoms with E-state index in [1.54, 1.807) is 30.3 Å². The average molecular weight is 646 g/mol. The van der Waals surface area contributed by atoms with Gasteiger partial charge in [0.25, 0.3) is 0 Å². The van der Waals surface area contributed by atoms with E-state index in [-0.39, 0.29) is 30.1 Å².